The van der Waals surface area contributed by atoms with Crippen molar-refractivity contribution in [3.63, 3.8) is 0 Å². The zero-order valence-corrected chi connectivity index (χ0v) is 29.1. The molecule has 2 aromatic heterocycles. The van der Waals surface area contributed by atoms with E-state index >= 15 is 0 Å². The number of esters is 1. The zero-order chi connectivity index (χ0) is 35.6. The normalized spacial score (nSPS) is 20.1. The molecule has 1 unspecified atom stereocenters. The lowest BCUT2D eigenvalue weighted by atomic mass is 9.77. The first-order chi connectivity index (χ1) is 24.8. The number of benzene rings is 4. The number of nitrogens with one attached hydrogen (secondary N) is 1. The van der Waals surface area contributed by atoms with Gasteiger partial charge < -0.3 is 19.5 Å². The highest BCUT2D eigenvalue weighted by Crippen LogP contribution is 2.48. The van der Waals surface area contributed by atoms with Crippen LogP contribution in [0.4, 0.5) is 5.95 Å². The van der Waals surface area contributed by atoms with Crippen molar-refractivity contribution in [2.75, 3.05) is 12.4 Å². The summed E-state index contributed by atoms with van der Waals surface area (Å²) in [6, 6.07) is 36.7. The van der Waals surface area contributed by atoms with Gasteiger partial charge in [0, 0.05) is 5.92 Å². The Bertz CT molecular complexity index is 2150. The number of halogens is 1. The predicted molar refractivity (Wildman–Crippen MR) is 197 cm³/mol. The van der Waals surface area contributed by atoms with Gasteiger partial charge in [0.05, 0.1) is 25.1 Å². The van der Waals surface area contributed by atoms with Gasteiger partial charge >= 0.3 is 5.97 Å². The number of rotatable bonds is 10. The molecule has 7 rings (SSSR count). The molecule has 0 radical (unpaired) electrons. The van der Waals surface area contributed by atoms with E-state index in [4.69, 9.17) is 42.2 Å². The second kappa shape index (κ2) is 13.9. The van der Waals surface area contributed by atoms with E-state index in [2.05, 4.69) is 40.5 Å². The Kier molecular flexibility index (Phi) is 9.21. The molecule has 10 heteroatoms. The fourth-order valence-corrected chi connectivity index (χ4v) is 7.19. The lowest BCUT2D eigenvalue weighted by Crippen LogP contribution is -2.44. The Hall–Kier alpha value is -5.69. The number of carbonyl (C=O) groups excluding carboxylic acids is 1. The molecule has 1 fully saturated rings. The fourth-order valence-electron chi connectivity index (χ4n) is 6.98. The summed E-state index contributed by atoms with van der Waals surface area (Å²) in [4.78, 5) is 27.8. The third-order valence-electron chi connectivity index (χ3n) is 9.67. The lowest BCUT2D eigenvalue weighted by Gasteiger charge is -2.37. The molecule has 1 N–H and O–H groups in total. The Morgan fingerprint density at radius 2 is 1.53 bits per heavy atom. The second-order valence-corrected chi connectivity index (χ2v) is 12.8. The van der Waals surface area contributed by atoms with E-state index in [-0.39, 0.29) is 23.1 Å². The molecule has 9 nitrogen and oxygen atoms in total. The van der Waals surface area contributed by atoms with Crippen molar-refractivity contribution in [2.45, 2.75) is 43.7 Å². The van der Waals surface area contributed by atoms with Gasteiger partial charge in [-0.25, -0.2) is 9.78 Å². The first-order valence-corrected chi connectivity index (χ1v) is 17.1. The maximum Gasteiger partial charge on any atom is 0.339 e. The van der Waals surface area contributed by atoms with Crippen LogP contribution in [0, 0.1) is 18.3 Å². The summed E-state index contributed by atoms with van der Waals surface area (Å²) in [5.74, 6) is 2.84. The second-order valence-electron chi connectivity index (χ2n) is 12.4. The number of terminal acetylenes is 1. The highest BCUT2D eigenvalue weighted by atomic mass is 35.5. The Morgan fingerprint density at radius 3 is 2.10 bits per heavy atom. The number of ether oxygens (including phenoxy) is 3. The number of aromatic nitrogens is 4. The van der Waals surface area contributed by atoms with Crippen LogP contribution >= 0.6 is 11.6 Å². The van der Waals surface area contributed by atoms with Crippen LogP contribution < -0.4 is 10.1 Å². The van der Waals surface area contributed by atoms with Crippen LogP contribution in [0.2, 0.25) is 5.15 Å². The average molecular weight is 698 g/mol. The van der Waals surface area contributed by atoms with Gasteiger partial charge in [0.2, 0.25) is 11.5 Å². The number of imidazole rings is 1. The molecule has 1 aliphatic rings. The predicted octanol–water partition coefficient (Wildman–Crippen LogP) is 8.06. The van der Waals surface area contributed by atoms with E-state index in [1.807, 2.05) is 80.6 Å². The number of methoxy groups -OCH3 is 1. The molecule has 4 aromatic carbocycles. The van der Waals surface area contributed by atoms with Crippen LogP contribution in [-0.4, -0.2) is 44.3 Å². The highest BCUT2D eigenvalue weighted by molar-refractivity contribution is 6.33. The van der Waals surface area contributed by atoms with Gasteiger partial charge in [0.25, 0.3) is 0 Å². The highest BCUT2D eigenvalue weighted by Gasteiger charge is 2.58. The summed E-state index contributed by atoms with van der Waals surface area (Å²) >= 11 is 6.89. The van der Waals surface area contributed by atoms with Crippen molar-refractivity contribution >= 4 is 34.7 Å². The van der Waals surface area contributed by atoms with Crippen molar-refractivity contribution in [3.05, 3.63) is 149 Å². The van der Waals surface area contributed by atoms with Gasteiger partial charge in [0.15, 0.2) is 17.0 Å². The summed E-state index contributed by atoms with van der Waals surface area (Å²) in [6.45, 7) is 3.94. The van der Waals surface area contributed by atoms with Crippen molar-refractivity contribution in [3.8, 4) is 18.1 Å². The zero-order valence-electron chi connectivity index (χ0n) is 28.4. The maximum atomic E-state index is 13.5. The van der Waals surface area contributed by atoms with Gasteiger partial charge in [-0.15, -0.1) is 6.42 Å². The minimum atomic E-state index is -1.49. The fraction of sp³-hybridized carbons (Fsp3) is 0.220. The monoisotopic (exact) mass is 697 g/mol. The molecule has 1 aliphatic heterocycles. The molecular weight excluding hydrogens is 662 g/mol. The number of nitrogens with zero attached hydrogens (tertiary/aromatic N) is 4. The van der Waals surface area contributed by atoms with Crippen molar-refractivity contribution < 1.29 is 19.0 Å². The minimum Gasteiger partial charge on any atom is -0.497 e. The smallest absolute Gasteiger partial charge is 0.339 e. The standard InChI is InChI=1S/C41H36ClN5O4/c1-5-33-27(3)40(6-2,51-37(48)28-16-10-7-11-17-28)38(50-33)47-26-43-34-35(42)44-39(45-36(34)47)46-41(29-18-12-8-13-19-29,30-20-14-9-15-21-30)31-22-24-32(49-4)25-23-31/h2,7-27,33,38H,5H2,1,3-4H3,(H,44,45,46)/t27-,33-,38?,40-/m1/s1. The SMILES string of the molecule is C#C[C@]1(OC(=O)c2ccccc2)C(n2cnc3c(Cl)nc(NC(c4ccccc4)(c4ccccc4)c4ccc(OC)cc4)nc32)O[C@H](CC)[C@H]1C. The van der Waals surface area contributed by atoms with E-state index in [0.29, 0.717) is 23.1 Å². The topological polar surface area (TPSA) is 100 Å². The quantitative estimate of drug-likeness (QED) is 0.0664. The average Bonchev–Trinajstić information content (AvgIpc) is 3.73. The molecule has 0 aliphatic carbocycles. The molecule has 0 saturated carbocycles. The third kappa shape index (κ3) is 5.86. The Balaban J connectivity index is 1.39. The van der Waals surface area contributed by atoms with Crippen LogP contribution in [0.5, 0.6) is 5.75 Å². The van der Waals surface area contributed by atoms with Crippen LogP contribution in [0.15, 0.2) is 122 Å². The van der Waals surface area contributed by atoms with E-state index < -0.39 is 23.3 Å². The van der Waals surface area contributed by atoms with E-state index in [1.54, 1.807) is 42.3 Å². The first-order valence-electron chi connectivity index (χ1n) is 16.7. The van der Waals surface area contributed by atoms with Gasteiger partial charge in [0.1, 0.15) is 16.8 Å². The summed E-state index contributed by atoms with van der Waals surface area (Å²) < 4.78 is 20.0. The maximum absolute atomic E-state index is 13.5. The molecular formula is C41H36ClN5O4. The number of hydrogen-bond acceptors (Lipinski definition) is 8. The number of fused-ring (bicyclic) bond motifs is 1. The van der Waals surface area contributed by atoms with Crippen LogP contribution in [0.25, 0.3) is 11.2 Å². The molecule has 0 spiro atoms. The van der Waals surface area contributed by atoms with Gasteiger partial charge in [-0.05, 0) is 47.4 Å². The van der Waals surface area contributed by atoms with Gasteiger partial charge in [-0.2, -0.15) is 9.97 Å². The molecule has 0 amide bonds. The molecule has 1 saturated heterocycles. The first kappa shape index (κ1) is 33.8. The van der Waals surface area contributed by atoms with Gasteiger partial charge in [-0.3, -0.25) is 4.57 Å². The lowest BCUT2D eigenvalue weighted by molar-refractivity contribution is -0.0754. The summed E-state index contributed by atoms with van der Waals surface area (Å²) in [6.07, 6.45) is 7.19. The minimum absolute atomic E-state index is 0.122. The number of carbonyl (C=O) groups is 1. The molecule has 0 bridgehead atoms. The summed E-state index contributed by atoms with van der Waals surface area (Å²) in [7, 11) is 1.64. The molecule has 3 heterocycles. The molecule has 4 atom stereocenters. The van der Waals surface area contributed by atoms with E-state index in [9.17, 15) is 4.79 Å². The molecule has 6 aromatic rings. The van der Waals surface area contributed by atoms with E-state index in [0.717, 1.165) is 22.4 Å². The van der Waals surface area contributed by atoms with Crippen molar-refractivity contribution in [1.82, 2.24) is 19.5 Å². The molecule has 256 valence electrons. The van der Waals surface area contributed by atoms with E-state index in [1.165, 1.54) is 0 Å². The van der Waals surface area contributed by atoms with Crippen molar-refractivity contribution in [1.29, 1.82) is 0 Å². The van der Waals surface area contributed by atoms with Gasteiger partial charge in [-0.1, -0.05) is 122 Å². The van der Waals surface area contributed by atoms with Crippen LogP contribution in [-0.2, 0) is 15.0 Å². The number of hydrogen-bond donors (Lipinski definition) is 1. The Labute approximate surface area is 301 Å². The number of anilines is 1. The molecule has 51 heavy (non-hydrogen) atoms. The Morgan fingerprint density at radius 1 is 0.941 bits per heavy atom. The van der Waals surface area contributed by atoms with Crippen molar-refractivity contribution in [2.24, 2.45) is 5.92 Å². The third-order valence-corrected chi connectivity index (χ3v) is 9.93. The summed E-state index contributed by atoms with van der Waals surface area (Å²) in [5, 5.41) is 3.80. The van der Waals surface area contributed by atoms with Crippen LogP contribution in [0.3, 0.4) is 0 Å². The summed E-state index contributed by atoms with van der Waals surface area (Å²) in [5.41, 5.74) is 1.39. The largest absolute Gasteiger partial charge is 0.497 e. The van der Waals surface area contributed by atoms with Crippen LogP contribution in [0.1, 0.15) is 53.5 Å².